The molecule has 0 spiro atoms. The van der Waals surface area contributed by atoms with Gasteiger partial charge in [0, 0.05) is 17.1 Å². The summed E-state index contributed by atoms with van der Waals surface area (Å²) in [5, 5.41) is 2.15. The summed E-state index contributed by atoms with van der Waals surface area (Å²) in [7, 11) is 4.26. The van der Waals surface area contributed by atoms with Gasteiger partial charge in [-0.1, -0.05) is 24.3 Å². The smallest absolute Gasteiger partial charge is 0.0522 e. The summed E-state index contributed by atoms with van der Waals surface area (Å²) in [6, 6.07) is 15.0. The fourth-order valence-electron chi connectivity index (χ4n) is 2.11. The Balaban J connectivity index is 2.00. The standard InChI is InChI=1S/C16H22N2S/c1-17(2)11-7-12-18(14-16-10-6-13-19-16)15-8-4-3-5-9-15/h3-6,8-10,13H,7,11-12,14H2,1-2H3. The van der Waals surface area contributed by atoms with Crippen molar-refractivity contribution in [2.45, 2.75) is 13.0 Å². The molecule has 0 saturated heterocycles. The van der Waals surface area contributed by atoms with Crippen LogP contribution in [0.3, 0.4) is 0 Å². The van der Waals surface area contributed by atoms with Crippen LogP contribution in [0.5, 0.6) is 0 Å². The monoisotopic (exact) mass is 274 g/mol. The van der Waals surface area contributed by atoms with Crippen LogP contribution in [0.2, 0.25) is 0 Å². The van der Waals surface area contributed by atoms with Gasteiger partial charge >= 0.3 is 0 Å². The molecule has 0 amide bonds. The van der Waals surface area contributed by atoms with Crippen LogP contribution in [-0.2, 0) is 6.54 Å². The van der Waals surface area contributed by atoms with Gasteiger partial charge in [0.1, 0.15) is 0 Å². The molecule has 1 aromatic heterocycles. The number of anilines is 1. The third-order valence-electron chi connectivity index (χ3n) is 3.08. The van der Waals surface area contributed by atoms with E-state index in [1.165, 1.54) is 17.0 Å². The van der Waals surface area contributed by atoms with E-state index in [-0.39, 0.29) is 0 Å². The molecule has 0 atom stereocenters. The fourth-order valence-corrected chi connectivity index (χ4v) is 2.83. The molecule has 0 unspecified atom stereocenters. The number of hydrogen-bond donors (Lipinski definition) is 0. The minimum atomic E-state index is 1.01. The zero-order valence-electron chi connectivity index (χ0n) is 11.7. The summed E-state index contributed by atoms with van der Waals surface area (Å²) < 4.78 is 0. The summed E-state index contributed by atoms with van der Waals surface area (Å²) in [6.45, 7) is 3.24. The molecule has 2 rings (SSSR count). The fraction of sp³-hybridized carbons (Fsp3) is 0.375. The summed E-state index contributed by atoms with van der Waals surface area (Å²) in [6.07, 6.45) is 1.19. The molecule has 1 aromatic carbocycles. The van der Waals surface area contributed by atoms with Crippen molar-refractivity contribution in [3.05, 3.63) is 52.7 Å². The van der Waals surface area contributed by atoms with Crippen LogP contribution in [0.15, 0.2) is 47.8 Å². The maximum atomic E-state index is 2.47. The van der Waals surface area contributed by atoms with Crippen molar-refractivity contribution in [1.29, 1.82) is 0 Å². The van der Waals surface area contributed by atoms with Crippen molar-refractivity contribution in [3.8, 4) is 0 Å². The first-order valence-corrected chi connectivity index (χ1v) is 7.61. The average molecular weight is 274 g/mol. The maximum absolute atomic E-state index is 2.47. The highest BCUT2D eigenvalue weighted by molar-refractivity contribution is 7.09. The number of para-hydroxylation sites is 1. The molecule has 102 valence electrons. The highest BCUT2D eigenvalue weighted by Gasteiger charge is 2.07. The van der Waals surface area contributed by atoms with Crippen LogP contribution in [-0.4, -0.2) is 32.1 Å². The molecule has 0 bridgehead atoms. The maximum Gasteiger partial charge on any atom is 0.0522 e. The molecule has 19 heavy (non-hydrogen) atoms. The van der Waals surface area contributed by atoms with Gasteiger partial charge in [-0.25, -0.2) is 0 Å². The van der Waals surface area contributed by atoms with Crippen molar-refractivity contribution >= 4 is 17.0 Å². The predicted octanol–water partition coefficient (Wildman–Crippen LogP) is 3.71. The van der Waals surface area contributed by atoms with E-state index in [1.54, 1.807) is 0 Å². The molecule has 0 N–H and O–H groups in total. The molecule has 1 heterocycles. The van der Waals surface area contributed by atoms with Crippen molar-refractivity contribution < 1.29 is 0 Å². The first kappa shape index (κ1) is 14.1. The van der Waals surface area contributed by atoms with E-state index >= 15 is 0 Å². The molecule has 0 fully saturated rings. The lowest BCUT2D eigenvalue weighted by Crippen LogP contribution is -2.26. The normalized spacial score (nSPS) is 10.9. The van der Waals surface area contributed by atoms with Crippen LogP contribution in [0, 0.1) is 0 Å². The van der Waals surface area contributed by atoms with Crippen LogP contribution in [0.25, 0.3) is 0 Å². The zero-order valence-corrected chi connectivity index (χ0v) is 12.6. The van der Waals surface area contributed by atoms with Gasteiger partial charge in [0.15, 0.2) is 0 Å². The van der Waals surface area contributed by atoms with Crippen LogP contribution >= 0.6 is 11.3 Å². The van der Waals surface area contributed by atoms with Gasteiger partial charge in [0.25, 0.3) is 0 Å². The predicted molar refractivity (Wildman–Crippen MR) is 85.0 cm³/mol. The van der Waals surface area contributed by atoms with Crippen molar-refractivity contribution in [1.82, 2.24) is 4.90 Å². The lowest BCUT2D eigenvalue weighted by Gasteiger charge is -2.25. The highest BCUT2D eigenvalue weighted by atomic mass is 32.1. The Bertz CT molecular complexity index is 451. The molecule has 3 heteroatoms. The van der Waals surface area contributed by atoms with E-state index in [2.05, 4.69) is 71.7 Å². The Morgan fingerprint density at radius 2 is 1.74 bits per heavy atom. The summed E-state index contributed by atoms with van der Waals surface area (Å²) >= 11 is 1.83. The third kappa shape index (κ3) is 4.69. The molecule has 0 aliphatic rings. The molecule has 0 radical (unpaired) electrons. The Kier molecular flexibility index (Phi) is 5.43. The van der Waals surface area contributed by atoms with E-state index in [1.807, 2.05) is 11.3 Å². The molecule has 0 saturated carbocycles. The van der Waals surface area contributed by atoms with Crippen LogP contribution in [0.1, 0.15) is 11.3 Å². The number of rotatable bonds is 7. The molecule has 0 aliphatic heterocycles. The van der Waals surface area contributed by atoms with Gasteiger partial charge in [0.05, 0.1) is 6.54 Å². The third-order valence-corrected chi connectivity index (χ3v) is 3.94. The first-order valence-electron chi connectivity index (χ1n) is 6.73. The summed E-state index contributed by atoms with van der Waals surface area (Å²) in [5.41, 5.74) is 1.31. The topological polar surface area (TPSA) is 6.48 Å². The highest BCUT2D eigenvalue weighted by Crippen LogP contribution is 2.19. The van der Waals surface area contributed by atoms with Gasteiger partial charge in [-0.05, 0) is 50.6 Å². The Morgan fingerprint density at radius 3 is 2.37 bits per heavy atom. The van der Waals surface area contributed by atoms with Gasteiger partial charge in [-0.3, -0.25) is 0 Å². The number of thiophene rings is 1. The summed E-state index contributed by atoms with van der Waals surface area (Å²) in [5.74, 6) is 0. The average Bonchev–Trinajstić information content (AvgIpc) is 2.91. The van der Waals surface area contributed by atoms with Gasteiger partial charge in [-0.2, -0.15) is 0 Å². The van der Waals surface area contributed by atoms with Crippen LogP contribution in [0.4, 0.5) is 5.69 Å². The second-order valence-electron chi connectivity index (χ2n) is 4.99. The van der Waals surface area contributed by atoms with Crippen LogP contribution < -0.4 is 4.90 Å². The first-order chi connectivity index (χ1) is 9.25. The molecule has 0 aliphatic carbocycles. The number of nitrogens with zero attached hydrogens (tertiary/aromatic N) is 2. The van der Waals surface area contributed by atoms with Gasteiger partial charge in [0.2, 0.25) is 0 Å². The lowest BCUT2D eigenvalue weighted by atomic mass is 10.2. The van der Waals surface area contributed by atoms with E-state index in [9.17, 15) is 0 Å². The number of hydrogen-bond acceptors (Lipinski definition) is 3. The van der Waals surface area contributed by atoms with Crippen molar-refractivity contribution in [2.75, 3.05) is 32.1 Å². The largest absolute Gasteiger partial charge is 0.366 e. The lowest BCUT2D eigenvalue weighted by molar-refractivity contribution is 0.400. The summed E-state index contributed by atoms with van der Waals surface area (Å²) in [4.78, 5) is 6.14. The minimum absolute atomic E-state index is 1.01. The van der Waals surface area contributed by atoms with Crippen molar-refractivity contribution in [2.24, 2.45) is 0 Å². The van der Waals surface area contributed by atoms with E-state index < -0.39 is 0 Å². The van der Waals surface area contributed by atoms with E-state index in [0.29, 0.717) is 0 Å². The zero-order chi connectivity index (χ0) is 13.5. The van der Waals surface area contributed by atoms with Gasteiger partial charge in [-0.15, -0.1) is 11.3 Å². The minimum Gasteiger partial charge on any atom is -0.366 e. The van der Waals surface area contributed by atoms with Gasteiger partial charge < -0.3 is 9.80 Å². The molecular formula is C16H22N2S. The number of benzene rings is 1. The molecule has 2 aromatic rings. The second kappa shape index (κ2) is 7.31. The van der Waals surface area contributed by atoms with E-state index in [4.69, 9.17) is 0 Å². The Labute approximate surface area is 120 Å². The Hall–Kier alpha value is -1.32. The molecule has 2 nitrogen and oxygen atoms in total. The SMILES string of the molecule is CN(C)CCCN(Cc1cccs1)c1ccccc1. The molecular weight excluding hydrogens is 252 g/mol. The quantitative estimate of drug-likeness (QED) is 0.759. The second-order valence-corrected chi connectivity index (χ2v) is 6.03. The van der Waals surface area contributed by atoms with E-state index in [0.717, 1.165) is 19.6 Å². The Morgan fingerprint density at radius 1 is 0.947 bits per heavy atom. The van der Waals surface area contributed by atoms with Crippen molar-refractivity contribution in [3.63, 3.8) is 0 Å².